The van der Waals surface area contributed by atoms with Crippen molar-refractivity contribution >= 4 is 10.0 Å². The maximum absolute atomic E-state index is 12.5. The van der Waals surface area contributed by atoms with E-state index in [0.29, 0.717) is 23.9 Å². The average Bonchev–Trinajstić information content (AvgIpc) is 2.62. The maximum atomic E-state index is 12.5. The number of nitrogens with one attached hydrogen (secondary N) is 1. The van der Waals surface area contributed by atoms with Gasteiger partial charge in [0.25, 0.3) is 0 Å². The Morgan fingerprint density at radius 3 is 2.38 bits per heavy atom. The van der Waals surface area contributed by atoms with Crippen LogP contribution in [0, 0.1) is 19.8 Å². The Hall–Kier alpha value is -0.920. The minimum Gasteiger partial charge on any atom is -0.377 e. The van der Waals surface area contributed by atoms with Crippen molar-refractivity contribution in [2.24, 2.45) is 5.92 Å². The normalized spacial score (nSPS) is 13.1. The SMILES string of the molecule is COC(C)(C)CNS(=O)(=O)c1c(C)nn(CC(C)C)c1C. The molecular weight excluding hydrogens is 290 g/mol. The predicted octanol–water partition coefficient (Wildman–Crippen LogP) is 1.86. The van der Waals surface area contributed by atoms with Gasteiger partial charge < -0.3 is 4.74 Å². The van der Waals surface area contributed by atoms with Gasteiger partial charge in [-0.15, -0.1) is 0 Å². The third-order valence-electron chi connectivity index (χ3n) is 3.36. The molecule has 6 nitrogen and oxygen atoms in total. The molecule has 1 aromatic heterocycles. The fourth-order valence-electron chi connectivity index (χ4n) is 2.01. The Morgan fingerprint density at radius 1 is 1.33 bits per heavy atom. The van der Waals surface area contributed by atoms with Crippen molar-refractivity contribution in [3.8, 4) is 0 Å². The predicted molar refractivity (Wildman–Crippen MR) is 82.8 cm³/mol. The molecule has 0 bridgehead atoms. The van der Waals surface area contributed by atoms with Gasteiger partial charge in [-0.05, 0) is 33.6 Å². The number of ether oxygens (including phenoxy) is 1. The first-order valence-electron chi connectivity index (χ1n) is 7.09. The van der Waals surface area contributed by atoms with E-state index >= 15 is 0 Å². The molecule has 0 spiro atoms. The van der Waals surface area contributed by atoms with Crippen LogP contribution >= 0.6 is 0 Å². The molecule has 122 valence electrons. The zero-order valence-electron chi connectivity index (χ0n) is 14.0. The number of nitrogens with zero attached hydrogens (tertiary/aromatic N) is 2. The first kappa shape index (κ1) is 18.1. The fourth-order valence-corrected chi connectivity index (χ4v) is 3.61. The number of aryl methyl sites for hydroxylation is 1. The standard InChI is InChI=1S/C14H27N3O3S/c1-10(2)8-17-12(4)13(11(3)16-17)21(18,19)15-9-14(5,6)20-7/h10,15H,8-9H2,1-7H3. The molecule has 1 aromatic rings. The van der Waals surface area contributed by atoms with Crippen LogP contribution in [0.15, 0.2) is 4.90 Å². The van der Waals surface area contributed by atoms with Gasteiger partial charge in [-0.3, -0.25) is 4.68 Å². The van der Waals surface area contributed by atoms with Gasteiger partial charge in [-0.1, -0.05) is 13.8 Å². The smallest absolute Gasteiger partial charge is 0.244 e. The summed E-state index contributed by atoms with van der Waals surface area (Å²) in [5, 5.41) is 4.35. The number of aromatic nitrogens is 2. The van der Waals surface area contributed by atoms with Crippen molar-refractivity contribution in [2.75, 3.05) is 13.7 Å². The third kappa shape index (κ3) is 4.52. The summed E-state index contributed by atoms with van der Waals surface area (Å²) in [5.41, 5.74) is 0.641. The van der Waals surface area contributed by atoms with Crippen LogP contribution in [0.25, 0.3) is 0 Å². The van der Waals surface area contributed by atoms with E-state index in [1.54, 1.807) is 25.6 Å². The quantitative estimate of drug-likeness (QED) is 0.833. The number of methoxy groups -OCH3 is 1. The van der Waals surface area contributed by atoms with Crippen molar-refractivity contribution in [3.05, 3.63) is 11.4 Å². The van der Waals surface area contributed by atoms with Crippen molar-refractivity contribution in [1.29, 1.82) is 0 Å². The van der Waals surface area contributed by atoms with E-state index in [9.17, 15) is 8.42 Å². The third-order valence-corrected chi connectivity index (χ3v) is 5.02. The van der Waals surface area contributed by atoms with Crippen LogP contribution in [0.2, 0.25) is 0 Å². The molecule has 1 N–H and O–H groups in total. The summed E-state index contributed by atoms with van der Waals surface area (Å²) in [6, 6.07) is 0. The zero-order valence-corrected chi connectivity index (χ0v) is 14.8. The molecular formula is C14H27N3O3S. The number of hydrogen-bond donors (Lipinski definition) is 1. The monoisotopic (exact) mass is 317 g/mol. The maximum Gasteiger partial charge on any atom is 0.244 e. The Morgan fingerprint density at radius 2 is 1.90 bits per heavy atom. The van der Waals surface area contributed by atoms with Crippen LogP contribution in [0.1, 0.15) is 39.1 Å². The summed E-state index contributed by atoms with van der Waals surface area (Å²) < 4.78 is 34.6. The molecule has 0 unspecified atom stereocenters. The van der Waals surface area contributed by atoms with Crippen LogP contribution in [0.4, 0.5) is 0 Å². The Labute approximate surface area is 127 Å². The Balaban J connectivity index is 3.06. The van der Waals surface area contributed by atoms with Crippen molar-refractivity contribution in [2.45, 2.75) is 58.6 Å². The first-order chi connectivity index (χ1) is 9.50. The summed E-state index contributed by atoms with van der Waals surface area (Å²) in [5.74, 6) is 0.402. The summed E-state index contributed by atoms with van der Waals surface area (Å²) in [6.45, 7) is 12.2. The summed E-state index contributed by atoms with van der Waals surface area (Å²) in [6.07, 6.45) is 0. The van der Waals surface area contributed by atoms with Gasteiger partial charge in [0.2, 0.25) is 10.0 Å². The molecule has 0 fully saturated rings. The molecule has 1 rings (SSSR count). The minimum atomic E-state index is -3.59. The van der Waals surface area contributed by atoms with Gasteiger partial charge in [0, 0.05) is 20.2 Å². The highest BCUT2D eigenvalue weighted by Gasteiger charge is 2.27. The Bertz CT molecular complexity index is 589. The minimum absolute atomic E-state index is 0.208. The second-order valence-electron chi connectivity index (χ2n) is 6.36. The Kier molecular flexibility index (Phi) is 5.57. The topological polar surface area (TPSA) is 73.2 Å². The lowest BCUT2D eigenvalue weighted by Crippen LogP contribution is -2.40. The number of rotatable bonds is 7. The molecule has 0 saturated heterocycles. The van der Waals surface area contributed by atoms with Crippen LogP contribution < -0.4 is 4.72 Å². The lowest BCUT2D eigenvalue weighted by Gasteiger charge is -2.23. The van der Waals surface area contributed by atoms with Gasteiger partial charge in [0.15, 0.2) is 0 Å². The summed E-state index contributed by atoms with van der Waals surface area (Å²) in [4.78, 5) is 0.273. The van der Waals surface area contributed by atoms with Crippen LogP contribution in [-0.2, 0) is 21.3 Å². The lowest BCUT2D eigenvalue weighted by atomic mass is 10.1. The largest absolute Gasteiger partial charge is 0.377 e. The van der Waals surface area contributed by atoms with E-state index in [1.165, 1.54) is 0 Å². The molecule has 7 heteroatoms. The van der Waals surface area contributed by atoms with Crippen molar-refractivity contribution in [1.82, 2.24) is 14.5 Å². The number of sulfonamides is 1. The molecule has 0 saturated carbocycles. The highest BCUT2D eigenvalue weighted by Crippen LogP contribution is 2.20. The summed E-state index contributed by atoms with van der Waals surface area (Å²) in [7, 11) is -2.03. The molecule has 0 amide bonds. The van der Waals surface area contributed by atoms with Crippen LogP contribution in [-0.4, -0.2) is 37.5 Å². The highest BCUT2D eigenvalue weighted by molar-refractivity contribution is 7.89. The van der Waals surface area contributed by atoms with Crippen LogP contribution in [0.5, 0.6) is 0 Å². The molecule has 0 aromatic carbocycles. The van der Waals surface area contributed by atoms with Crippen LogP contribution in [0.3, 0.4) is 0 Å². The van der Waals surface area contributed by atoms with E-state index < -0.39 is 15.6 Å². The van der Waals surface area contributed by atoms with E-state index in [-0.39, 0.29) is 11.4 Å². The molecule has 0 aliphatic rings. The average molecular weight is 317 g/mol. The molecule has 21 heavy (non-hydrogen) atoms. The van der Waals surface area contributed by atoms with Gasteiger partial charge in [0.1, 0.15) is 4.90 Å². The van der Waals surface area contributed by atoms with Gasteiger partial charge in [0.05, 0.1) is 17.0 Å². The van der Waals surface area contributed by atoms with Gasteiger partial charge in [-0.25, -0.2) is 13.1 Å². The second kappa shape index (κ2) is 6.46. The summed E-state index contributed by atoms with van der Waals surface area (Å²) >= 11 is 0. The molecule has 1 heterocycles. The molecule has 0 radical (unpaired) electrons. The molecule has 0 aliphatic heterocycles. The first-order valence-corrected chi connectivity index (χ1v) is 8.57. The lowest BCUT2D eigenvalue weighted by molar-refractivity contribution is 0.0276. The zero-order chi connectivity index (χ0) is 16.4. The van der Waals surface area contributed by atoms with Gasteiger partial charge >= 0.3 is 0 Å². The highest BCUT2D eigenvalue weighted by atomic mass is 32.2. The van der Waals surface area contributed by atoms with E-state index in [0.717, 1.165) is 0 Å². The van der Waals surface area contributed by atoms with Gasteiger partial charge in [-0.2, -0.15) is 5.10 Å². The van der Waals surface area contributed by atoms with Crippen molar-refractivity contribution < 1.29 is 13.2 Å². The number of hydrogen-bond acceptors (Lipinski definition) is 4. The van der Waals surface area contributed by atoms with E-state index in [2.05, 4.69) is 23.7 Å². The fraction of sp³-hybridized carbons (Fsp3) is 0.786. The molecule has 0 aliphatic carbocycles. The van der Waals surface area contributed by atoms with E-state index in [4.69, 9.17) is 4.74 Å². The van der Waals surface area contributed by atoms with E-state index in [1.807, 2.05) is 13.8 Å². The van der Waals surface area contributed by atoms with Crippen molar-refractivity contribution in [3.63, 3.8) is 0 Å². The second-order valence-corrected chi connectivity index (χ2v) is 8.07. The molecule has 0 atom stereocenters.